The van der Waals surface area contributed by atoms with Crippen LogP contribution in [0.25, 0.3) is 0 Å². The third-order valence-corrected chi connectivity index (χ3v) is 11.8. The van der Waals surface area contributed by atoms with Crippen molar-refractivity contribution >= 4 is 38.1 Å². The van der Waals surface area contributed by atoms with E-state index in [1.807, 2.05) is 0 Å². The fourth-order valence-corrected chi connectivity index (χ4v) is 9.77. The van der Waals surface area contributed by atoms with E-state index in [4.69, 9.17) is 11.1 Å². The Bertz CT molecular complexity index is 363. The van der Waals surface area contributed by atoms with Gasteiger partial charge in [0, 0.05) is 0 Å². The molecule has 0 spiro atoms. The molecule has 0 nitrogen and oxygen atoms in total. The van der Waals surface area contributed by atoms with Crippen molar-refractivity contribution in [1.29, 1.82) is 0 Å². The van der Waals surface area contributed by atoms with E-state index in [9.17, 15) is 0 Å². The van der Waals surface area contributed by atoms with Crippen molar-refractivity contribution < 1.29 is 0 Å². The zero-order chi connectivity index (χ0) is 10.5. The van der Waals surface area contributed by atoms with Gasteiger partial charge in [-0.3, -0.25) is 0 Å². The average molecular weight is 249 g/mol. The predicted molar refractivity (Wildman–Crippen MR) is 73.7 cm³/mol. The molecule has 0 radical (unpaired) electrons. The largest absolute Gasteiger partial charge is 0.179 e. The van der Waals surface area contributed by atoms with E-state index in [2.05, 4.69) is 60.7 Å². The molecule has 0 N–H and O–H groups in total. The van der Waals surface area contributed by atoms with Gasteiger partial charge in [-0.15, -0.1) is 0 Å². The van der Waals surface area contributed by atoms with Gasteiger partial charge in [-0.05, 0) is 0 Å². The topological polar surface area (TPSA) is 0 Å². The fraction of sp³-hybridized carbons (Fsp3) is 0. The average Bonchev–Trinajstić information content (AvgIpc) is 2.33. The Hall–Kier alpha value is -0.836. The molecule has 0 bridgehead atoms. The molecule has 2 aromatic carbocycles. The van der Waals surface area contributed by atoms with Gasteiger partial charge < -0.3 is 0 Å². The first-order chi connectivity index (χ1) is 7.42. The number of benzene rings is 2. The SMILES string of the molecule is Cl[SiH2][SiH](c1ccccc1)c1ccccc1. The smallest absolute Gasteiger partial charge is 0.124 e. The van der Waals surface area contributed by atoms with E-state index in [-0.39, 0.29) is 0 Å². The Morgan fingerprint density at radius 1 is 0.733 bits per heavy atom. The van der Waals surface area contributed by atoms with Crippen LogP contribution in [0, 0.1) is 0 Å². The molecule has 0 aliphatic carbocycles. The molecule has 2 rings (SSSR count). The zero-order valence-electron chi connectivity index (χ0n) is 8.44. The van der Waals surface area contributed by atoms with Crippen LogP contribution in [0.5, 0.6) is 0 Å². The van der Waals surface area contributed by atoms with Crippen LogP contribution in [0.4, 0.5) is 0 Å². The Kier molecular flexibility index (Phi) is 3.77. The lowest BCUT2D eigenvalue weighted by Gasteiger charge is -2.12. The third-order valence-electron chi connectivity index (χ3n) is 2.56. The first-order valence-electron chi connectivity index (χ1n) is 5.07. The summed E-state index contributed by atoms with van der Waals surface area (Å²) in [7, 11) is -1.48. The van der Waals surface area contributed by atoms with Gasteiger partial charge in [0.15, 0.2) is 0 Å². The molecule has 0 fully saturated rings. The minimum absolute atomic E-state index is 0.457. The monoisotopic (exact) mass is 248 g/mol. The van der Waals surface area contributed by atoms with Gasteiger partial charge >= 0.3 is 0 Å². The maximum Gasteiger partial charge on any atom is 0.124 e. The van der Waals surface area contributed by atoms with Crippen molar-refractivity contribution in [2.75, 3.05) is 0 Å². The predicted octanol–water partition coefficient (Wildman–Crippen LogP) is 0.847. The second-order valence-corrected chi connectivity index (χ2v) is 12.4. The summed E-state index contributed by atoms with van der Waals surface area (Å²) in [4.78, 5) is 0. The Labute approximate surface area is 98.8 Å². The van der Waals surface area contributed by atoms with Gasteiger partial charge in [-0.25, -0.2) is 0 Å². The molecule has 2 aromatic rings. The second-order valence-electron chi connectivity index (χ2n) is 3.53. The van der Waals surface area contributed by atoms with Crippen LogP contribution in [-0.2, 0) is 0 Å². The highest BCUT2D eigenvalue weighted by Gasteiger charge is 2.14. The zero-order valence-corrected chi connectivity index (χ0v) is 11.8. The Balaban J connectivity index is 2.34. The van der Waals surface area contributed by atoms with E-state index in [0.29, 0.717) is 0 Å². The van der Waals surface area contributed by atoms with Gasteiger partial charge in [0.05, 0.1) is 0 Å². The van der Waals surface area contributed by atoms with Crippen molar-refractivity contribution in [1.82, 2.24) is 0 Å². The molecule has 0 saturated carbocycles. The maximum absolute atomic E-state index is 6.24. The summed E-state index contributed by atoms with van der Waals surface area (Å²) in [5.41, 5.74) is 0. The Morgan fingerprint density at radius 2 is 1.13 bits per heavy atom. The van der Waals surface area contributed by atoms with E-state index in [1.165, 1.54) is 10.4 Å². The highest BCUT2D eigenvalue weighted by molar-refractivity contribution is 7.41. The van der Waals surface area contributed by atoms with Crippen LogP contribution in [0.1, 0.15) is 0 Å². The van der Waals surface area contributed by atoms with Crippen molar-refractivity contribution in [3.8, 4) is 0 Å². The first-order valence-corrected chi connectivity index (χ1v) is 11.6. The minimum atomic E-state index is -1.03. The molecule has 0 saturated heterocycles. The molecule has 0 aromatic heterocycles. The van der Waals surface area contributed by atoms with E-state index >= 15 is 0 Å². The van der Waals surface area contributed by atoms with Gasteiger partial charge in [0.1, 0.15) is 16.7 Å². The van der Waals surface area contributed by atoms with Crippen LogP contribution in [-0.4, -0.2) is 16.7 Å². The van der Waals surface area contributed by atoms with E-state index in [0.717, 1.165) is 0 Å². The summed E-state index contributed by atoms with van der Waals surface area (Å²) in [6, 6.07) is 21.5. The lowest BCUT2D eigenvalue weighted by atomic mass is 10.4. The normalized spacial score (nSPS) is 11.3. The van der Waals surface area contributed by atoms with Crippen molar-refractivity contribution in [3.05, 3.63) is 60.7 Å². The Morgan fingerprint density at radius 3 is 1.47 bits per heavy atom. The highest BCUT2D eigenvalue weighted by atomic mass is 35.6. The molecular formula is C12H13ClSi2. The van der Waals surface area contributed by atoms with Crippen molar-refractivity contribution in [2.45, 2.75) is 0 Å². The maximum atomic E-state index is 6.24. The number of rotatable bonds is 3. The van der Waals surface area contributed by atoms with Gasteiger partial charge in [0.25, 0.3) is 0 Å². The lowest BCUT2D eigenvalue weighted by molar-refractivity contribution is 1.74. The first kappa shape index (κ1) is 10.7. The minimum Gasteiger partial charge on any atom is -0.179 e. The molecule has 0 amide bonds. The van der Waals surface area contributed by atoms with E-state index in [1.54, 1.807) is 0 Å². The van der Waals surface area contributed by atoms with E-state index < -0.39 is 16.7 Å². The molecule has 0 aliphatic rings. The molecule has 3 heteroatoms. The summed E-state index contributed by atoms with van der Waals surface area (Å²) < 4.78 is 0. The van der Waals surface area contributed by atoms with Crippen LogP contribution in [0.3, 0.4) is 0 Å². The molecular weight excluding hydrogens is 236 g/mol. The van der Waals surface area contributed by atoms with Crippen molar-refractivity contribution in [3.63, 3.8) is 0 Å². The van der Waals surface area contributed by atoms with Crippen molar-refractivity contribution in [2.24, 2.45) is 0 Å². The molecule has 76 valence electrons. The summed E-state index contributed by atoms with van der Waals surface area (Å²) in [6.07, 6.45) is 0. The molecule has 0 heterocycles. The lowest BCUT2D eigenvalue weighted by Crippen LogP contribution is -2.45. The molecule has 0 atom stereocenters. The van der Waals surface area contributed by atoms with Crippen LogP contribution >= 0.6 is 11.1 Å². The summed E-state index contributed by atoms with van der Waals surface area (Å²) >= 11 is 6.24. The van der Waals surface area contributed by atoms with Gasteiger partial charge in [0.2, 0.25) is 0 Å². The van der Waals surface area contributed by atoms with Gasteiger partial charge in [-0.1, -0.05) is 71.0 Å². The number of halogens is 1. The molecule has 15 heavy (non-hydrogen) atoms. The quantitative estimate of drug-likeness (QED) is 0.558. The second kappa shape index (κ2) is 5.30. The summed E-state index contributed by atoms with van der Waals surface area (Å²) in [5.74, 6) is 0. The standard InChI is InChI=1S/C12H13ClSi2/c13-14-15(11-7-3-1-4-8-11)12-9-5-2-6-10-12/h1-10,15H,14H2. The highest BCUT2D eigenvalue weighted by Crippen LogP contribution is 1.93. The summed E-state index contributed by atoms with van der Waals surface area (Å²) in [6.45, 7) is 0. The third kappa shape index (κ3) is 2.59. The molecule has 0 unspecified atom stereocenters. The fourth-order valence-electron chi connectivity index (χ4n) is 1.74. The van der Waals surface area contributed by atoms with Crippen LogP contribution in [0.2, 0.25) is 0 Å². The number of hydrogen-bond donors (Lipinski definition) is 0. The van der Waals surface area contributed by atoms with Crippen LogP contribution in [0.15, 0.2) is 60.7 Å². The number of hydrogen-bond acceptors (Lipinski definition) is 0. The van der Waals surface area contributed by atoms with Crippen LogP contribution < -0.4 is 10.4 Å². The molecule has 0 aliphatic heterocycles. The van der Waals surface area contributed by atoms with Gasteiger partial charge in [-0.2, -0.15) is 11.1 Å². The summed E-state index contributed by atoms with van der Waals surface area (Å²) in [5, 5.41) is 2.95.